The lowest BCUT2D eigenvalue weighted by molar-refractivity contribution is -0.235. The number of ketones is 1. The van der Waals surface area contributed by atoms with E-state index >= 15 is 4.39 Å². The first-order valence-electron chi connectivity index (χ1n) is 11.9. The monoisotopic (exact) mass is 564 g/mol. The standard InChI is InChI=1S/C25H31Cl2FO7S/c1-13-9-17-16-6-5-14-10-15(29)7-8-22(14,2)24(16,28)18(30)11-23(17,3)25(13,35-20(31)19(26)27)21(32)34-12-36(4)33/h7-8,10,13,16-19,30H,5-6,9,11-12H2,1-4H3/t13-,16+,17+,18+,22+,23+,24+,25+,36?/m1/s1. The fraction of sp³-hybridized carbons (Fsp3) is 0.720. The van der Waals surface area contributed by atoms with Gasteiger partial charge >= 0.3 is 11.9 Å². The molecule has 1 unspecified atom stereocenters. The summed E-state index contributed by atoms with van der Waals surface area (Å²) in [6.07, 6.45) is 5.03. The van der Waals surface area contributed by atoms with Crippen LogP contribution in [-0.2, 0) is 34.7 Å². The largest absolute Gasteiger partial charge is 0.449 e. The van der Waals surface area contributed by atoms with Crippen LogP contribution < -0.4 is 0 Å². The number of carbonyl (C=O) groups excluding carboxylic acids is 3. The minimum Gasteiger partial charge on any atom is -0.449 e. The van der Waals surface area contributed by atoms with E-state index < -0.39 is 79.5 Å². The number of aliphatic hydroxyl groups excluding tert-OH is 1. The molecule has 0 aromatic rings. The van der Waals surface area contributed by atoms with Crippen molar-refractivity contribution in [3.63, 3.8) is 0 Å². The molecule has 4 aliphatic rings. The Morgan fingerprint density at radius 2 is 1.97 bits per heavy atom. The number of hydrogen-bond acceptors (Lipinski definition) is 7. The van der Waals surface area contributed by atoms with Crippen LogP contribution in [0.15, 0.2) is 23.8 Å². The summed E-state index contributed by atoms with van der Waals surface area (Å²) in [5, 5.41) is 11.5. The zero-order valence-corrected chi connectivity index (χ0v) is 22.9. The predicted molar refractivity (Wildman–Crippen MR) is 132 cm³/mol. The van der Waals surface area contributed by atoms with Crippen LogP contribution >= 0.6 is 23.2 Å². The lowest BCUT2D eigenvalue weighted by Gasteiger charge is -2.62. The van der Waals surface area contributed by atoms with Gasteiger partial charge in [0.2, 0.25) is 10.4 Å². The van der Waals surface area contributed by atoms with Gasteiger partial charge in [0.05, 0.1) is 16.9 Å². The van der Waals surface area contributed by atoms with Crippen molar-refractivity contribution in [2.75, 3.05) is 12.2 Å². The molecule has 36 heavy (non-hydrogen) atoms. The maximum Gasteiger partial charge on any atom is 0.352 e. The number of halogens is 3. The van der Waals surface area contributed by atoms with Crippen molar-refractivity contribution in [3.05, 3.63) is 23.8 Å². The third-order valence-electron chi connectivity index (χ3n) is 9.28. The summed E-state index contributed by atoms with van der Waals surface area (Å²) < 4.78 is 40.1. The minimum absolute atomic E-state index is 0.215. The van der Waals surface area contributed by atoms with Crippen LogP contribution in [0.3, 0.4) is 0 Å². The first-order chi connectivity index (χ1) is 16.6. The van der Waals surface area contributed by atoms with Crippen LogP contribution in [0.5, 0.6) is 0 Å². The molecule has 0 saturated heterocycles. The number of carbonyl (C=O) groups is 3. The minimum atomic E-state index is -2.12. The number of hydrogen-bond donors (Lipinski definition) is 1. The maximum atomic E-state index is 17.3. The van der Waals surface area contributed by atoms with Crippen LogP contribution in [0.25, 0.3) is 0 Å². The fourth-order valence-corrected chi connectivity index (χ4v) is 8.03. The molecule has 0 heterocycles. The molecule has 4 rings (SSSR count). The van der Waals surface area contributed by atoms with E-state index in [2.05, 4.69) is 0 Å². The summed E-state index contributed by atoms with van der Waals surface area (Å²) in [6.45, 7) is 5.11. The van der Waals surface area contributed by atoms with Gasteiger partial charge in [0.15, 0.2) is 17.4 Å². The van der Waals surface area contributed by atoms with Gasteiger partial charge in [-0.2, -0.15) is 0 Å². The summed E-state index contributed by atoms with van der Waals surface area (Å²) in [4.78, 5) is 36.7. The first-order valence-corrected chi connectivity index (χ1v) is 14.5. The molecule has 0 aliphatic heterocycles. The second kappa shape index (κ2) is 9.17. The van der Waals surface area contributed by atoms with Crippen LogP contribution in [-0.4, -0.2) is 61.4 Å². The number of allylic oxidation sites excluding steroid dienone is 4. The second-order valence-electron chi connectivity index (χ2n) is 11.0. The quantitative estimate of drug-likeness (QED) is 0.401. The molecular weight excluding hydrogens is 534 g/mol. The number of aliphatic hydroxyl groups is 1. The Kier molecular flexibility index (Phi) is 7.07. The molecule has 200 valence electrons. The molecule has 0 aromatic heterocycles. The van der Waals surface area contributed by atoms with E-state index in [-0.39, 0.29) is 12.2 Å². The number of rotatable bonds is 5. The van der Waals surface area contributed by atoms with E-state index in [1.54, 1.807) is 26.8 Å². The molecule has 9 atom stereocenters. The third-order valence-corrected chi connectivity index (χ3v) is 10.1. The Labute approximate surface area is 222 Å². The van der Waals surface area contributed by atoms with Gasteiger partial charge in [0, 0.05) is 28.9 Å². The van der Waals surface area contributed by atoms with Crippen molar-refractivity contribution in [2.24, 2.45) is 28.6 Å². The Balaban J connectivity index is 1.83. The zero-order chi connectivity index (χ0) is 26.8. The molecule has 0 spiro atoms. The summed E-state index contributed by atoms with van der Waals surface area (Å²) in [5.74, 6) is -4.42. The molecular formula is C25H31Cl2FO7S. The van der Waals surface area contributed by atoms with E-state index in [4.69, 9.17) is 32.7 Å². The van der Waals surface area contributed by atoms with Crippen molar-refractivity contribution in [1.29, 1.82) is 0 Å². The molecule has 3 saturated carbocycles. The van der Waals surface area contributed by atoms with Gasteiger partial charge < -0.3 is 14.6 Å². The van der Waals surface area contributed by atoms with Crippen LogP contribution in [0.2, 0.25) is 0 Å². The van der Waals surface area contributed by atoms with Crippen molar-refractivity contribution >= 4 is 51.7 Å². The van der Waals surface area contributed by atoms with Crippen molar-refractivity contribution in [1.82, 2.24) is 0 Å². The maximum absolute atomic E-state index is 17.3. The molecule has 0 radical (unpaired) electrons. The molecule has 0 bridgehead atoms. The van der Waals surface area contributed by atoms with Gasteiger partial charge in [-0.1, -0.05) is 48.7 Å². The Bertz CT molecular complexity index is 1080. The molecule has 4 aliphatic carbocycles. The van der Waals surface area contributed by atoms with E-state index in [0.29, 0.717) is 24.8 Å². The lowest BCUT2D eigenvalue weighted by atomic mass is 9.44. The normalized spacial score (nSPS) is 44.2. The molecule has 1 N–H and O–H groups in total. The topological polar surface area (TPSA) is 107 Å². The van der Waals surface area contributed by atoms with Gasteiger partial charge in [-0.3, -0.25) is 9.00 Å². The van der Waals surface area contributed by atoms with Gasteiger partial charge in [0.25, 0.3) is 0 Å². The Morgan fingerprint density at radius 3 is 2.58 bits per heavy atom. The second-order valence-corrected chi connectivity index (χ2v) is 13.5. The highest BCUT2D eigenvalue weighted by Gasteiger charge is 2.78. The highest BCUT2D eigenvalue weighted by Crippen LogP contribution is 2.71. The van der Waals surface area contributed by atoms with E-state index in [0.717, 1.165) is 0 Å². The molecule has 7 nitrogen and oxygen atoms in total. The number of fused-ring (bicyclic) bond motifs is 5. The summed E-state index contributed by atoms with van der Waals surface area (Å²) in [6, 6.07) is 0. The van der Waals surface area contributed by atoms with Crippen LogP contribution in [0.4, 0.5) is 4.39 Å². The van der Waals surface area contributed by atoms with Gasteiger partial charge in [-0.15, -0.1) is 0 Å². The summed E-state index contributed by atoms with van der Waals surface area (Å²) in [7, 11) is -1.48. The Morgan fingerprint density at radius 1 is 1.31 bits per heavy atom. The van der Waals surface area contributed by atoms with E-state index in [1.807, 2.05) is 0 Å². The van der Waals surface area contributed by atoms with E-state index in [9.17, 15) is 23.7 Å². The molecule has 11 heteroatoms. The van der Waals surface area contributed by atoms with E-state index in [1.165, 1.54) is 18.4 Å². The average Bonchev–Trinajstić information content (AvgIpc) is 3.00. The summed E-state index contributed by atoms with van der Waals surface area (Å²) >= 11 is 11.6. The lowest BCUT2D eigenvalue weighted by Crippen LogP contribution is -2.70. The number of esters is 2. The van der Waals surface area contributed by atoms with Crippen LogP contribution in [0, 0.1) is 28.6 Å². The third kappa shape index (κ3) is 3.67. The molecule has 0 aromatic carbocycles. The van der Waals surface area contributed by atoms with Crippen LogP contribution in [0.1, 0.15) is 46.5 Å². The van der Waals surface area contributed by atoms with Gasteiger partial charge in [-0.05, 0) is 50.7 Å². The highest BCUT2D eigenvalue weighted by atomic mass is 35.5. The zero-order valence-electron chi connectivity index (χ0n) is 20.6. The predicted octanol–water partition coefficient (Wildman–Crippen LogP) is 3.57. The van der Waals surface area contributed by atoms with Crippen molar-refractivity contribution in [3.8, 4) is 0 Å². The van der Waals surface area contributed by atoms with Gasteiger partial charge in [0.1, 0.15) is 0 Å². The highest BCUT2D eigenvalue weighted by molar-refractivity contribution is 7.84. The number of alkyl halides is 3. The smallest absolute Gasteiger partial charge is 0.352 e. The molecule has 3 fully saturated rings. The fourth-order valence-electron chi connectivity index (χ4n) is 7.67. The average molecular weight is 565 g/mol. The van der Waals surface area contributed by atoms with Gasteiger partial charge in [-0.25, -0.2) is 14.0 Å². The van der Waals surface area contributed by atoms with Crippen molar-refractivity contribution in [2.45, 2.75) is 68.7 Å². The SMILES string of the molecule is C[C@@H]1C[C@H]2[C@@H]3CCC4=CC(=O)C=C[C@]4(C)[C@@]3(F)[C@@H](O)C[C@]2(C)[C@@]1(OC(=O)C(Cl)Cl)C(=O)OCS(C)=O. The summed E-state index contributed by atoms with van der Waals surface area (Å²) in [5.41, 5.74) is -5.84. The number of ether oxygens (including phenoxy) is 2. The molecule has 0 amide bonds. The first kappa shape index (κ1) is 27.7. The van der Waals surface area contributed by atoms with Crippen molar-refractivity contribution < 1.29 is 37.6 Å². The Hall–Kier alpha value is -1.29.